The van der Waals surface area contributed by atoms with Gasteiger partial charge in [-0.3, -0.25) is 14.3 Å². The van der Waals surface area contributed by atoms with E-state index in [1.165, 1.54) is 29.3 Å². The topological polar surface area (TPSA) is 84.7 Å². The van der Waals surface area contributed by atoms with Crippen LogP contribution in [0.25, 0.3) is 11.6 Å². The monoisotopic (exact) mass is 768 g/mol. The molecule has 14 heteroatoms. The molecule has 2 aliphatic carbocycles. The highest BCUT2D eigenvalue weighted by atomic mass is 19.4. The van der Waals surface area contributed by atoms with Crippen LogP contribution in [0, 0.1) is 22.6 Å². The number of aromatic nitrogens is 2. The lowest BCUT2D eigenvalue weighted by Gasteiger charge is -2.51. The first-order valence-electron chi connectivity index (χ1n) is 18.3. The maximum Gasteiger partial charge on any atom is 0.403 e. The van der Waals surface area contributed by atoms with Gasteiger partial charge in [0.2, 0.25) is 5.91 Å². The van der Waals surface area contributed by atoms with E-state index in [1.54, 1.807) is 73.0 Å². The number of esters is 1. The zero-order chi connectivity index (χ0) is 39.6. The van der Waals surface area contributed by atoms with Crippen molar-refractivity contribution in [1.29, 1.82) is 0 Å². The maximum absolute atomic E-state index is 14.1. The van der Waals surface area contributed by atoms with Crippen LogP contribution < -0.4 is 0 Å². The van der Waals surface area contributed by atoms with Crippen LogP contribution in [0.3, 0.4) is 0 Å². The van der Waals surface area contributed by atoms with Crippen molar-refractivity contribution in [3.8, 4) is 0 Å². The number of amides is 2. The summed E-state index contributed by atoms with van der Waals surface area (Å²) in [5, 5.41) is 4.30. The normalized spacial score (nSPS) is 21.4. The second-order valence-electron chi connectivity index (χ2n) is 16.4. The Morgan fingerprint density at radius 2 is 1.65 bits per heavy atom. The number of nitrogens with zero attached hydrogens (tertiary/aromatic N) is 4. The summed E-state index contributed by atoms with van der Waals surface area (Å²) in [6.07, 6.45) is 2.04. The van der Waals surface area contributed by atoms with Gasteiger partial charge >= 0.3 is 12.1 Å². The fourth-order valence-electron chi connectivity index (χ4n) is 7.96. The first kappa shape index (κ1) is 38.4. The molecule has 292 valence electrons. The minimum absolute atomic E-state index is 0.00629. The molecule has 1 unspecified atom stereocenters. The lowest BCUT2D eigenvalue weighted by Crippen LogP contribution is -2.64. The van der Waals surface area contributed by atoms with Gasteiger partial charge in [0.25, 0.3) is 11.8 Å². The molecule has 0 bridgehead atoms. The number of likely N-dealkylation sites (tertiary alicyclic amines) is 2. The van der Waals surface area contributed by atoms with E-state index >= 15 is 0 Å². The molecule has 8 nitrogen and oxygen atoms in total. The van der Waals surface area contributed by atoms with Gasteiger partial charge in [-0.15, -0.1) is 0 Å². The van der Waals surface area contributed by atoms with Crippen molar-refractivity contribution in [1.82, 2.24) is 19.6 Å². The standard InChI is InChI=1S/C41H42F6N4O4/c1-37(2,3)55-35(53)33-28(5-4-6-32(33)27-13-15-40(43,44)16-14-27)9-10-30-22-49(23-38(30)24-50(25-38)36(54)39(17-18-39)41(45,46)47)34(52)29-19-48-51(21-29)20-26-7-11-31(42)12-8-26/h4-13,19,21,30H,14-18,20,22-25H2,1-3H3/b10-9+. The Labute approximate surface area is 314 Å². The number of benzene rings is 2. The van der Waals surface area contributed by atoms with Gasteiger partial charge in [-0.1, -0.05) is 48.6 Å². The summed E-state index contributed by atoms with van der Waals surface area (Å²) < 4.78 is 90.7. The van der Waals surface area contributed by atoms with Crippen molar-refractivity contribution in [3.63, 3.8) is 0 Å². The molecule has 1 aromatic heterocycles. The molecule has 4 aliphatic rings. The molecule has 1 atom stereocenters. The van der Waals surface area contributed by atoms with E-state index < -0.39 is 52.7 Å². The highest BCUT2D eigenvalue weighted by Crippen LogP contribution is 2.60. The van der Waals surface area contributed by atoms with E-state index in [4.69, 9.17) is 4.74 Å². The molecule has 55 heavy (non-hydrogen) atoms. The Kier molecular flexibility index (Phi) is 9.56. The zero-order valence-electron chi connectivity index (χ0n) is 30.8. The molecule has 2 aliphatic heterocycles. The number of hydrogen-bond acceptors (Lipinski definition) is 5. The van der Waals surface area contributed by atoms with Crippen molar-refractivity contribution in [2.75, 3.05) is 26.2 Å². The molecule has 3 fully saturated rings. The number of carbonyl (C=O) groups excluding carboxylic acids is 3. The van der Waals surface area contributed by atoms with Gasteiger partial charge in [0.05, 0.1) is 23.9 Å². The van der Waals surface area contributed by atoms with Gasteiger partial charge < -0.3 is 14.5 Å². The minimum atomic E-state index is -4.66. The van der Waals surface area contributed by atoms with Crippen LogP contribution in [-0.4, -0.2) is 81.2 Å². The smallest absolute Gasteiger partial charge is 0.403 e. The molecule has 7 rings (SSSR count). The minimum Gasteiger partial charge on any atom is -0.456 e. The van der Waals surface area contributed by atoms with Crippen LogP contribution in [-0.2, 0) is 16.1 Å². The van der Waals surface area contributed by atoms with E-state index in [-0.39, 0.29) is 74.7 Å². The average molecular weight is 769 g/mol. The first-order chi connectivity index (χ1) is 25.8. The second kappa shape index (κ2) is 13.7. The van der Waals surface area contributed by atoms with Crippen LogP contribution in [0.1, 0.15) is 90.3 Å². The summed E-state index contributed by atoms with van der Waals surface area (Å²) in [4.78, 5) is 43.7. The molecular weight excluding hydrogens is 726 g/mol. The molecule has 2 aromatic carbocycles. The van der Waals surface area contributed by atoms with Crippen LogP contribution in [0.15, 0.2) is 67.0 Å². The maximum atomic E-state index is 14.1. The highest BCUT2D eigenvalue weighted by Gasteiger charge is 2.71. The summed E-state index contributed by atoms with van der Waals surface area (Å²) >= 11 is 0. The number of alkyl halides is 5. The predicted octanol–water partition coefficient (Wildman–Crippen LogP) is 8.18. The number of rotatable bonds is 8. The fourth-order valence-corrected chi connectivity index (χ4v) is 7.96. The highest BCUT2D eigenvalue weighted by molar-refractivity contribution is 5.99. The van der Waals surface area contributed by atoms with Gasteiger partial charge in [0.15, 0.2) is 0 Å². The lowest BCUT2D eigenvalue weighted by molar-refractivity contribution is -0.205. The van der Waals surface area contributed by atoms with E-state index in [0.717, 1.165) is 5.56 Å². The second-order valence-corrected chi connectivity index (χ2v) is 16.4. The van der Waals surface area contributed by atoms with E-state index in [1.807, 2.05) is 6.08 Å². The van der Waals surface area contributed by atoms with E-state index in [0.29, 0.717) is 23.2 Å². The summed E-state index contributed by atoms with van der Waals surface area (Å²) in [5.74, 6) is -5.59. The largest absolute Gasteiger partial charge is 0.456 e. The van der Waals surface area contributed by atoms with Crippen LogP contribution in [0.5, 0.6) is 0 Å². The molecule has 0 radical (unpaired) electrons. The van der Waals surface area contributed by atoms with Gasteiger partial charge in [-0.25, -0.2) is 18.0 Å². The lowest BCUT2D eigenvalue weighted by atomic mass is 9.70. The Morgan fingerprint density at radius 3 is 2.27 bits per heavy atom. The van der Waals surface area contributed by atoms with Crippen LogP contribution in [0.4, 0.5) is 26.3 Å². The predicted molar refractivity (Wildman–Crippen MR) is 191 cm³/mol. The Morgan fingerprint density at radius 1 is 0.964 bits per heavy atom. The number of halogens is 6. The molecule has 1 saturated carbocycles. The van der Waals surface area contributed by atoms with Gasteiger partial charge in [0.1, 0.15) is 16.8 Å². The summed E-state index contributed by atoms with van der Waals surface area (Å²) in [6.45, 7) is 5.80. The Hall–Kier alpha value is -4.88. The van der Waals surface area contributed by atoms with Crippen molar-refractivity contribution in [2.24, 2.45) is 16.7 Å². The third-order valence-corrected chi connectivity index (χ3v) is 11.1. The molecule has 3 aromatic rings. The van der Waals surface area contributed by atoms with Crippen molar-refractivity contribution in [3.05, 3.63) is 101 Å². The summed E-state index contributed by atoms with van der Waals surface area (Å²) in [7, 11) is 0. The Balaban J connectivity index is 1.18. The SMILES string of the molecule is CC(C)(C)OC(=O)c1c(/C=C/C2CN(C(=O)c3cnn(Cc4ccc(F)cc4)c3)CC23CN(C(=O)C2(C(F)(F)F)CC2)C3)cccc1C1=CCC(F)(F)CC1. The quantitative estimate of drug-likeness (QED) is 0.171. The molecular formula is C41H42F6N4O4. The number of allylic oxidation sites excluding steroid dienone is 2. The molecule has 0 N–H and O–H groups in total. The van der Waals surface area contributed by atoms with Crippen molar-refractivity contribution >= 4 is 29.4 Å². The molecule has 2 amide bonds. The Bertz CT molecular complexity index is 2050. The van der Waals surface area contributed by atoms with Gasteiger partial charge in [0, 0.05) is 56.6 Å². The van der Waals surface area contributed by atoms with E-state index in [2.05, 4.69) is 5.10 Å². The van der Waals surface area contributed by atoms with Crippen LogP contribution >= 0.6 is 0 Å². The summed E-state index contributed by atoms with van der Waals surface area (Å²) in [5.41, 5.74) is -1.21. The van der Waals surface area contributed by atoms with Crippen molar-refractivity contribution < 1.29 is 45.5 Å². The first-order valence-corrected chi connectivity index (χ1v) is 18.3. The molecule has 3 heterocycles. The fraction of sp³-hybridized carbons (Fsp3) is 0.463. The number of ether oxygens (including phenoxy) is 1. The zero-order valence-corrected chi connectivity index (χ0v) is 30.8. The van der Waals surface area contributed by atoms with E-state index in [9.17, 15) is 40.7 Å². The average Bonchev–Trinajstić information content (AvgIpc) is 3.65. The van der Waals surface area contributed by atoms with Gasteiger partial charge in [-0.05, 0) is 74.4 Å². The number of hydrogen-bond donors (Lipinski definition) is 0. The van der Waals surface area contributed by atoms with Gasteiger partial charge in [-0.2, -0.15) is 18.3 Å². The van der Waals surface area contributed by atoms with Crippen LogP contribution in [0.2, 0.25) is 0 Å². The van der Waals surface area contributed by atoms with Crippen molar-refractivity contribution in [2.45, 2.75) is 77.1 Å². The molecule has 1 spiro atoms. The molecule has 2 saturated heterocycles. The third-order valence-electron chi connectivity index (χ3n) is 11.1. The third kappa shape index (κ3) is 7.69. The number of carbonyl (C=O) groups is 3. The summed E-state index contributed by atoms with van der Waals surface area (Å²) in [6, 6.07) is 11.0.